The van der Waals surface area contributed by atoms with Gasteiger partial charge in [-0.15, -0.1) is 0 Å². The van der Waals surface area contributed by atoms with Gasteiger partial charge in [0.15, 0.2) is 0 Å². The van der Waals surface area contributed by atoms with Crippen LogP contribution in [0.2, 0.25) is 0 Å². The number of ether oxygens (including phenoxy) is 1. The average Bonchev–Trinajstić information content (AvgIpc) is 2.53. The maximum atomic E-state index is 11.7. The lowest BCUT2D eigenvalue weighted by molar-refractivity contribution is -0.142. The third kappa shape index (κ3) is 5.22. The van der Waals surface area contributed by atoms with E-state index >= 15 is 0 Å². The molecule has 0 spiro atoms. The Morgan fingerprint density at radius 3 is 2.81 bits per heavy atom. The molecule has 0 radical (unpaired) electrons. The molecule has 1 aromatic heterocycles. The Kier molecular flexibility index (Phi) is 5.70. The number of nitrogens with zero attached hydrogens (tertiary/aromatic N) is 2. The number of hydrogen-bond acceptors (Lipinski definition) is 5. The minimum absolute atomic E-state index is 0.0927. The number of carbonyl (C=O) groups excluding carboxylic acids is 1. The van der Waals surface area contributed by atoms with Gasteiger partial charge in [-0.2, -0.15) is 0 Å². The Hall–Kier alpha value is -2.43. The van der Waals surface area contributed by atoms with Gasteiger partial charge in [0, 0.05) is 11.8 Å². The Labute approximate surface area is 124 Å². The van der Waals surface area contributed by atoms with E-state index < -0.39 is 0 Å². The van der Waals surface area contributed by atoms with Gasteiger partial charge in [0.1, 0.15) is 25.3 Å². The molecule has 0 saturated carbocycles. The molecular weight excluding hydrogens is 266 g/mol. The van der Waals surface area contributed by atoms with E-state index in [9.17, 15) is 4.79 Å². The Morgan fingerprint density at radius 1 is 1.24 bits per heavy atom. The molecule has 0 aliphatic carbocycles. The molecule has 0 amide bonds. The topological polar surface area (TPSA) is 64.1 Å². The van der Waals surface area contributed by atoms with E-state index in [-0.39, 0.29) is 19.1 Å². The molecule has 110 valence electrons. The van der Waals surface area contributed by atoms with Crippen molar-refractivity contribution >= 4 is 11.8 Å². The van der Waals surface area contributed by atoms with Crippen molar-refractivity contribution in [2.45, 2.75) is 26.4 Å². The first-order chi connectivity index (χ1) is 10.3. The van der Waals surface area contributed by atoms with E-state index in [0.717, 1.165) is 24.1 Å². The van der Waals surface area contributed by atoms with Crippen LogP contribution in [0.3, 0.4) is 0 Å². The third-order valence-corrected chi connectivity index (χ3v) is 2.89. The fourth-order valence-corrected chi connectivity index (χ4v) is 1.84. The quantitative estimate of drug-likeness (QED) is 0.792. The van der Waals surface area contributed by atoms with Crippen LogP contribution in [0.15, 0.2) is 42.7 Å². The third-order valence-electron chi connectivity index (χ3n) is 2.89. The lowest BCUT2D eigenvalue weighted by atomic mass is 10.2. The van der Waals surface area contributed by atoms with E-state index in [1.165, 1.54) is 6.33 Å². The van der Waals surface area contributed by atoms with Crippen molar-refractivity contribution in [3.8, 4) is 0 Å². The predicted octanol–water partition coefficient (Wildman–Crippen LogP) is 2.58. The molecular formula is C16H19N3O2. The molecule has 1 heterocycles. The Bertz CT molecular complexity index is 573. The van der Waals surface area contributed by atoms with Gasteiger partial charge in [-0.3, -0.25) is 4.79 Å². The van der Waals surface area contributed by atoms with E-state index in [4.69, 9.17) is 4.74 Å². The second kappa shape index (κ2) is 7.99. The molecule has 0 aliphatic rings. The van der Waals surface area contributed by atoms with Crippen molar-refractivity contribution in [2.24, 2.45) is 0 Å². The highest BCUT2D eigenvalue weighted by Crippen LogP contribution is 2.06. The van der Waals surface area contributed by atoms with E-state index in [2.05, 4.69) is 22.2 Å². The number of aromatic nitrogens is 2. The molecule has 0 fully saturated rings. The number of hydrogen-bond donors (Lipinski definition) is 1. The van der Waals surface area contributed by atoms with Crippen LogP contribution in [0.1, 0.15) is 24.6 Å². The molecule has 21 heavy (non-hydrogen) atoms. The minimum atomic E-state index is -0.311. The standard InChI is InChI=1S/C16H19N3O2/c1-2-6-14-9-15(19-12-18-14)17-10-16(20)21-11-13-7-4-3-5-8-13/h3-5,7-9,12H,2,6,10-11H2,1H3,(H,17,18,19). The van der Waals surface area contributed by atoms with E-state index in [0.29, 0.717) is 5.82 Å². The summed E-state index contributed by atoms with van der Waals surface area (Å²) in [5, 5.41) is 2.95. The lowest BCUT2D eigenvalue weighted by Crippen LogP contribution is -2.17. The van der Waals surface area contributed by atoms with Crippen LogP contribution in [0.25, 0.3) is 0 Å². The summed E-state index contributed by atoms with van der Waals surface area (Å²) in [5.74, 6) is 0.333. The van der Waals surface area contributed by atoms with Gasteiger partial charge in [-0.1, -0.05) is 43.7 Å². The van der Waals surface area contributed by atoms with Crippen LogP contribution in [0.5, 0.6) is 0 Å². The van der Waals surface area contributed by atoms with E-state index in [1.54, 1.807) is 0 Å². The average molecular weight is 285 g/mol. The first-order valence-electron chi connectivity index (χ1n) is 7.02. The summed E-state index contributed by atoms with van der Waals surface area (Å²) in [6, 6.07) is 11.4. The van der Waals surface area contributed by atoms with Crippen molar-refractivity contribution < 1.29 is 9.53 Å². The van der Waals surface area contributed by atoms with Gasteiger partial charge in [0.2, 0.25) is 0 Å². The summed E-state index contributed by atoms with van der Waals surface area (Å²) >= 11 is 0. The van der Waals surface area contributed by atoms with Crippen molar-refractivity contribution in [3.63, 3.8) is 0 Å². The smallest absolute Gasteiger partial charge is 0.325 e. The minimum Gasteiger partial charge on any atom is -0.460 e. The summed E-state index contributed by atoms with van der Waals surface area (Å²) in [5.41, 5.74) is 1.94. The molecule has 5 heteroatoms. The van der Waals surface area contributed by atoms with Gasteiger partial charge >= 0.3 is 5.97 Å². The first kappa shape index (κ1) is 15.0. The predicted molar refractivity (Wildman–Crippen MR) is 80.8 cm³/mol. The summed E-state index contributed by atoms with van der Waals surface area (Å²) in [7, 11) is 0. The van der Waals surface area contributed by atoms with Crippen molar-refractivity contribution in [1.82, 2.24) is 9.97 Å². The van der Waals surface area contributed by atoms with E-state index in [1.807, 2.05) is 36.4 Å². The summed E-state index contributed by atoms with van der Waals surface area (Å²) in [6.07, 6.45) is 3.42. The van der Waals surface area contributed by atoms with Crippen LogP contribution in [-0.2, 0) is 22.6 Å². The van der Waals surface area contributed by atoms with Crippen LogP contribution >= 0.6 is 0 Å². The number of benzene rings is 1. The highest BCUT2D eigenvalue weighted by Gasteiger charge is 2.04. The van der Waals surface area contributed by atoms with Crippen molar-refractivity contribution in [3.05, 3.63) is 54.0 Å². The zero-order valence-electron chi connectivity index (χ0n) is 12.1. The van der Waals surface area contributed by atoms with Crippen LogP contribution < -0.4 is 5.32 Å². The molecule has 0 bridgehead atoms. The molecule has 0 unspecified atom stereocenters. The summed E-state index contributed by atoms with van der Waals surface area (Å²) < 4.78 is 5.18. The van der Waals surface area contributed by atoms with Gasteiger partial charge in [0.25, 0.3) is 0 Å². The van der Waals surface area contributed by atoms with Crippen molar-refractivity contribution in [1.29, 1.82) is 0 Å². The maximum absolute atomic E-state index is 11.7. The molecule has 5 nitrogen and oxygen atoms in total. The molecule has 1 N–H and O–H groups in total. The molecule has 0 saturated heterocycles. The summed E-state index contributed by atoms with van der Waals surface area (Å²) in [6.45, 7) is 2.47. The zero-order valence-corrected chi connectivity index (χ0v) is 12.1. The molecule has 2 aromatic rings. The molecule has 0 atom stereocenters. The number of anilines is 1. The van der Waals surface area contributed by atoms with Gasteiger partial charge in [0.05, 0.1) is 0 Å². The summed E-state index contributed by atoms with van der Waals surface area (Å²) in [4.78, 5) is 19.9. The highest BCUT2D eigenvalue weighted by molar-refractivity contribution is 5.74. The van der Waals surface area contributed by atoms with Crippen LogP contribution in [0, 0.1) is 0 Å². The van der Waals surface area contributed by atoms with Crippen molar-refractivity contribution in [2.75, 3.05) is 11.9 Å². The van der Waals surface area contributed by atoms with Gasteiger partial charge in [-0.25, -0.2) is 9.97 Å². The fraction of sp³-hybridized carbons (Fsp3) is 0.312. The lowest BCUT2D eigenvalue weighted by Gasteiger charge is -2.07. The number of rotatable bonds is 7. The normalized spacial score (nSPS) is 10.1. The largest absolute Gasteiger partial charge is 0.460 e. The Morgan fingerprint density at radius 2 is 2.05 bits per heavy atom. The SMILES string of the molecule is CCCc1cc(NCC(=O)OCc2ccccc2)ncn1. The Balaban J connectivity index is 1.77. The number of esters is 1. The van der Waals surface area contributed by atoms with Gasteiger partial charge in [-0.05, 0) is 12.0 Å². The van der Waals surface area contributed by atoms with Gasteiger partial charge < -0.3 is 10.1 Å². The fourth-order valence-electron chi connectivity index (χ4n) is 1.84. The number of carbonyl (C=O) groups is 1. The molecule has 2 rings (SSSR count). The monoisotopic (exact) mass is 285 g/mol. The van der Waals surface area contributed by atoms with Crippen LogP contribution in [0.4, 0.5) is 5.82 Å². The van der Waals surface area contributed by atoms with Crippen LogP contribution in [-0.4, -0.2) is 22.5 Å². The zero-order chi connectivity index (χ0) is 14.9. The highest BCUT2D eigenvalue weighted by atomic mass is 16.5. The molecule has 0 aliphatic heterocycles. The first-order valence-corrected chi connectivity index (χ1v) is 7.02. The second-order valence-electron chi connectivity index (χ2n) is 4.64. The second-order valence-corrected chi connectivity index (χ2v) is 4.64. The molecule has 1 aromatic carbocycles. The maximum Gasteiger partial charge on any atom is 0.325 e. The number of nitrogens with one attached hydrogen (secondary N) is 1. The number of aryl methyl sites for hydroxylation is 1.